The Balaban J connectivity index is 1.90. The van der Waals surface area contributed by atoms with Crippen LogP contribution in [0.4, 0.5) is 0 Å². The standard InChI is InChI=1S/C14H21NO2S/c1-11-5-9-18-12(11)4-8-15(2)13(17)14(10-16)6-3-7-14/h5,9,16H,3-4,6-8,10H2,1-2H3. The van der Waals surface area contributed by atoms with Crippen molar-refractivity contribution >= 4 is 17.2 Å². The Bertz CT molecular complexity index is 418. The summed E-state index contributed by atoms with van der Waals surface area (Å²) in [5.74, 6) is 0.116. The Labute approximate surface area is 112 Å². The van der Waals surface area contributed by atoms with Crippen LogP contribution < -0.4 is 0 Å². The Morgan fingerprint density at radius 1 is 1.56 bits per heavy atom. The molecule has 1 amide bonds. The highest BCUT2D eigenvalue weighted by Crippen LogP contribution is 2.41. The van der Waals surface area contributed by atoms with Crippen LogP contribution >= 0.6 is 11.3 Å². The van der Waals surface area contributed by atoms with E-state index in [1.165, 1.54) is 10.4 Å². The molecule has 0 bridgehead atoms. The summed E-state index contributed by atoms with van der Waals surface area (Å²) in [4.78, 5) is 15.4. The number of rotatable bonds is 5. The smallest absolute Gasteiger partial charge is 0.230 e. The first-order valence-electron chi connectivity index (χ1n) is 6.48. The van der Waals surface area contributed by atoms with Crippen LogP contribution in [0.5, 0.6) is 0 Å². The topological polar surface area (TPSA) is 40.5 Å². The van der Waals surface area contributed by atoms with Crippen LogP contribution in [-0.2, 0) is 11.2 Å². The summed E-state index contributed by atoms with van der Waals surface area (Å²) in [7, 11) is 1.85. The highest BCUT2D eigenvalue weighted by molar-refractivity contribution is 7.10. The summed E-state index contributed by atoms with van der Waals surface area (Å²) in [6.45, 7) is 2.84. The van der Waals surface area contributed by atoms with Gasteiger partial charge in [-0.1, -0.05) is 6.42 Å². The Morgan fingerprint density at radius 2 is 2.28 bits per heavy atom. The number of likely N-dealkylation sites (N-methyl/N-ethyl adjacent to an activating group) is 1. The van der Waals surface area contributed by atoms with Crippen molar-refractivity contribution < 1.29 is 9.90 Å². The van der Waals surface area contributed by atoms with Gasteiger partial charge in [-0.05, 0) is 43.2 Å². The third-order valence-electron chi connectivity index (χ3n) is 4.06. The summed E-state index contributed by atoms with van der Waals surface area (Å²) >= 11 is 1.75. The maximum absolute atomic E-state index is 12.3. The first-order valence-corrected chi connectivity index (χ1v) is 7.36. The van der Waals surface area contributed by atoms with Crippen LogP contribution in [0.2, 0.25) is 0 Å². The Kier molecular flexibility index (Phi) is 4.07. The van der Waals surface area contributed by atoms with Crippen LogP contribution in [0.15, 0.2) is 11.4 Å². The van der Waals surface area contributed by atoms with Gasteiger partial charge in [0.1, 0.15) is 0 Å². The van der Waals surface area contributed by atoms with E-state index < -0.39 is 5.41 Å². The van der Waals surface area contributed by atoms with Gasteiger partial charge in [0.05, 0.1) is 12.0 Å². The number of hydrogen-bond acceptors (Lipinski definition) is 3. The van der Waals surface area contributed by atoms with Gasteiger partial charge in [-0.3, -0.25) is 4.79 Å². The number of carbonyl (C=O) groups excluding carboxylic acids is 1. The van der Waals surface area contributed by atoms with Crippen molar-refractivity contribution in [1.29, 1.82) is 0 Å². The number of hydrogen-bond donors (Lipinski definition) is 1. The number of nitrogens with zero attached hydrogens (tertiary/aromatic N) is 1. The molecule has 1 aromatic rings. The molecule has 0 atom stereocenters. The average Bonchev–Trinajstić information content (AvgIpc) is 2.71. The van der Waals surface area contributed by atoms with E-state index in [4.69, 9.17) is 0 Å². The van der Waals surface area contributed by atoms with Gasteiger partial charge < -0.3 is 10.0 Å². The third kappa shape index (κ3) is 2.45. The van der Waals surface area contributed by atoms with Crippen molar-refractivity contribution in [3.05, 3.63) is 21.9 Å². The minimum absolute atomic E-state index is 0.00575. The van der Waals surface area contributed by atoms with Crippen LogP contribution in [-0.4, -0.2) is 36.1 Å². The highest BCUT2D eigenvalue weighted by atomic mass is 32.1. The summed E-state index contributed by atoms with van der Waals surface area (Å²) in [6, 6.07) is 2.11. The molecule has 2 rings (SSSR count). The van der Waals surface area contributed by atoms with E-state index >= 15 is 0 Å². The molecule has 0 radical (unpaired) electrons. The average molecular weight is 267 g/mol. The van der Waals surface area contributed by atoms with E-state index in [1.807, 2.05) is 7.05 Å². The maximum atomic E-state index is 12.3. The molecule has 0 spiro atoms. The molecule has 0 unspecified atom stereocenters. The lowest BCUT2D eigenvalue weighted by atomic mass is 9.68. The maximum Gasteiger partial charge on any atom is 0.230 e. The van der Waals surface area contributed by atoms with E-state index in [9.17, 15) is 9.90 Å². The van der Waals surface area contributed by atoms with E-state index in [0.717, 1.165) is 32.2 Å². The second-order valence-corrected chi connectivity index (χ2v) is 6.30. The van der Waals surface area contributed by atoms with Crippen molar-refractivity contribution in [1.82, 2.24) is 4.90 Å². The van der Waals surface area contributed by atoms with Gasteiger partial charge in [-0.2, -0.15) is 0 Å². The van der Waals surface area contributed by atoms with Crippen molar-refractivity contribution in [3.63, 3.8) is 0 Å². The molecule has 1 aliphatic rings. The molecule has 0 aromatic carbocycles. The second kappa shape index (κ2) is 5.41. The van der Waals surface area contributed by atoms with Crippen LogP contribution in [0.3, 0.4) is 0 Å². The molecule has 100 valence electrons. The quantitative estimate of drug-likeness (QED) is 0.888. The normalized spacial score (nSPS) is 17.3. The van der Waals surface area contributed by atoms with Crippen LogP contribution in [0.1, 0.15) is 29.7 Å². The first kappa shape index (κ1) is 13.6. The zero-order valence-corrected chi connectivity index (χ0v) is 11.9. The van der Waals surface area contributed by atoms with E-state index in [-0.39, 0.29) is 12.5 Å². The lowest BCUT2D eigenvalue weighted by Crippen LogP contribution is -2.49. The Morgan fingerprint density at radius 3 is 2.72 bits per heavy atom. The van der Waals surface area contributed by atoms with Gasteiger partial charge in [-0.25, -0.2) is 0 Å². The van der Waals surface area contributed by atoms with Gasteiger partial charge in [0.15, 0.2) is 0 Å². The summed E-state index contributed by atoms with van der Waals surface area (Å²) in [5, 5.41) is 11.5. The molecule has 0 aliphatic heterocycles. The number of amides is 1. The highest BCUT2D eigenvalue weighted by Gasteiger charge is 2.44. The first-order chi connectivity index (χ1) is 8.59. The van der Waals surface area contributed by atoms with Gasteiger partial charge in [-0.15, -0.1) is 11.3 Å². The number of carbonyl (C=O) groups is 1. The van der Waals surface area contributed by atoms with Crippen molar-refractivity contribution in [2.75, 3.05) is 20.2 Å². The second-order valence-electron chi connectivity index (χ2n) is 5.30. The fourth-order valence-corrected chi connectivity index (χ4v) is 3.38. The van der Waals surface area contributed by atoms with E-state index in [1.54, 1.807) is 16.2 Å². The molecule has 0 saturated heterocycles. The lowest BCUT2D eigenvalue weighted by molar-refractivity contribution is -0.149. The fraction of sp³-hybridized carbons (Fsp3) is 0.643. The predicted octanol–water partition coefficient (Wildman–Crippen LogP) is 2.22. The molecule has 1 fully saturated rings. The minimum atomic E-state index is -0.459. The number of aryl methyl sites for hydroxylation is 1. The third-order valence-corrected chi connectivity index (χ3v) is 5.14. The summed E-state index contributed by atoms with van der Waals surface area (Å²) in [6.07, 6.45) is 3.65. The van der Waals surface area contributed by atoms with Crippen molar-refractivity contribution in [2.45, 2.75) is 32.6 Å². The number of aliphatic hydroxyl groups is 1. The molecular formula is C14H21NO2S. The molecule has 4 heteroatoms. The molecular weight excluding hydrogens is 246 g/mol. The molecule has 1 aliphatic carbocycles. The molecule has 1 saturated carbocycles. The van der Waals surface area contributed by atoms with Crippen molar-refractivity contribution in [3.8, 4) is 0 Å². The zero-order chi connectivity index (χ0) is 13.2. The summed E-state index contributed by atoms with van der Waals surface area (Å²) < 4.78 is 0. The molecule has 1 heterocycles. The van der Waals surface area contributed by atoms with Gasteiger partial charge >= 0.3 is 0 Å². The number of thiophene rings is 1. The molecule has 3 nitrogen and oxygen atoms in total. The van der Waals surface area contributed by atoms with Crippen LogP contribution in [0, 0.1) is 12.3 Å². The van der Waals surface area contributed by atoms with E-state index in [2.05, 4.69) is 18.4 Å². The molecule has 1 N–H and O–H groups in total. The van der Waals surface area contributed by atoms with Crippen LogP contribution in [0.25, 0.3) is 0 Å². The SMILES string of the molecule is Cc1ccsc1CCN(C)C(=O)C1(CO)CCC1. The monoisotopic (exact) mass is 267 g/mol. The molecule has 18 heavy (non-hydrogen) atoms. The van der Waals surface area contributed by atoms with Gasteiger partial charge in [0.2, 0.25) is 5.91 Å². The van der Waals surface area contributed by atoms with E-state index in [0.29, 0.717) is 0 Å². The van der Waals surface area contributed by atoms with Gasteiger partial charge in [0.25, 0.3) is 0 Å². The summed E-state index contributed by atoms with van der Waals surface area (Å²) in [5.41, 5.74) is 0.848. The zero-order valence-electron chi connectivity index (χ0n) is 11.1. The van der Waals surface area contributed by atoms with Gasteiger partial charge in [0, 0.05) is 18.5 Å². The minimum Gasteiger partial charge on any atom is -0.395 e. The Hall–Kier alpha value is -0.870. The number of aliphatic hydroxyl groups excluding tert-OH is 1. The predicted molar refractivity (Wildman–Crippen MR) is 73.8 cm³/mol. The van der Waals surface area contributed by atoms with Crippen molar-refractivity contribution in [2.24, 2.45) is 5.41 Å². The lowest BCUT2D eigenvalue weighted by Gasteiger charge is -2.41. The largest absolute Gasteiger partial charge is 0.395 e. The fourth-order valence-electron chi connectivity index (χ4n) is 2.48. The molecule has 1 aromatic heterocycles.